The number of aromatic nitrogens is 2. The van der Waals surface area contributed by atoms with Crippen molar-refractivity contribution in [2.24, 2.45) is 5.10 Å². The number of imidazole rings is 1. The van der Waals surface area contributed by atoms with Crippen molar-refractivity contribution in [2.45, 2.75) is 24.9 Å². The number of carbonyl (C=O) groups excluding carboxylic acids is 1. The molecule has 0 spiro atoms. The lowest BCUT2D eigenvalue weighted by Crippen LogP contribution is -2.30. The van der Waals surface area contributed by atoms with Crippen molar-refractivity contribution in [2.75, 3.05) is 0 Å². The lowest BCUT2D eigenvalue weighted by Gasteiger charge is -2.23. The van der Waals surface area contributed by atoms with Gasteiger partial charge < -0.3 is 4.57 Å². The first-order chi connectivity index (χ1) is 20.3. The highest BCUT2D eigenvalue weighted by molar-refractivity contribution is 7.89. The maximum absolute atomic E-state index is 13.6. The molecule has 0 radical (unpaired) electrons. The molecular weight excluding hydrogens is 570 g/mol. The molecule has 1 heterocycles. The molecule has 42 heavy (non-hydrogen) atoms. The van der Waals surface area contributed by atoms with Gasteiger partial charge in [-0.05, 0) is 72.1 Å². The second-order valence-electron chi connectivity index (χ2n) is 9.56. The SMILES string of the molecule is C/C(=N\NC(=O)c1ccc(CN(Cc2ccccc2)S(=O)(=O)c2ccc(Cl)cc2)cc1)c1ccc(-n2ccnc2)cc1. The molecule has 0 unspecified atom stereocenters. The summed E-state index contributed by atoms with van der Waals surface area (Å²) in [6.07, 6.45) is 5.30. The van der Waals surface area contributed by atoms with Crippen LogP contribution in [0.1, 0.15) is 34.0 Å². The van der Waals surface area contributed by atoms with Crippen molar-refractivity contribution in [1.82, 2.24) is 19.3 Å². The van der Waals surface area contributed by atoms with E-state index in [0.29, 0.717) is 16.3 Å². The molecule has 0 bridgehead atoms. The number of benzene rings is 4. The van der Waals surface area contributed by atoms with Gasteiger partial charge in [0.25, 0.3) is 5.91 Å². The van der Waals surface area contributed by atoms with Gasteiger partial charge in [-0.25, -0.2) is 18.8 Å². The maximum atomic E-state index is 13.6. The van der Waals surface area contributed by atoms with E-state index in [9.17, 15) is 13.2 Å². The van der Waals surface area contributed by atoms with E-state index in [1.807, 2.05) is 72.3 Å². The fourth-order valence-electron chi connectivity index (χ4n) is 4.28. The summed E-state index contributed by atoms with van der Waals surface area (Å²) in [6, 6.07) is 30.1. The van der Waals surface area contributed by atoms with Gasteiger partial charge in [-0.1, -0.05) is 66.2 Å². The van der Waals surface area contributed by atoms with Crippen molar-refractivity contribution < 1.29 is 13.2 Å². The number of amides is 1. The van der Waals surface area contributed by atoms with Crippen LogP contribution in [0.25, 0.3) is 5.69 Å². The molecule has 4 aromatic carbocycles. The fourth-order valence-corrected chi connectivity index (χ4v) is 5.83. The smallest absolute Gasteiger partial charge is 0.271 e. The van der Waals surface area contributed by atoms with Gasteiger partial charge in [-0.15, -0.1) is 0 Å². The molecular formula is C32H28ClN5O3S. The molecule has 0 saturated heterocycles. The van der Waals surface area contributed by atoms with Crippen LogP contribution in [0, 0.1) is 0 Å². The average Bonchev–Trinajstić information content (AvgIpc) is 3.56. The number of hydrogen-bond acceptors (Lipinski definition) is 5. The third-order valence-corrected chi connectivity index (χ3v) is 8.70. The van der Waals surface area contributed by atoms with E-state index in [4.69, 9.17) is 11.6 Å². The van der Waals surface area contributed by atoms with E-state index in [1.54, 1.807) is 48.9 Å². The first-order valence-corrected chi connectivity index (χ1v) is 14.9. The molecule has 0 aliphatic rings. The third-order valence-electron chi connectivity index (χ3n) is 6.64. The van der Waals surface area contributed by atoms with Crippen LogP contribution in [0.3, 0.4) is 0 Å². The van der Waals surface area contributed by atoms with Crippen LogP contribution < -0.4 is 5.43 Å². The van der Waals surface area contributed by atoms with E-state index in [1.165, 1.54) is 16.4 Å². The molecule has 5 aromatic rings. The summed E-state index contributed by atoms with van der Waals surface area (Å²) in [7, 11) is -3.83. The summed E-state index contributed by atoms with van der Waals surface area (Å²) in [5.41, 5.74) is 7.09. The van der Waals surface area contributed by atoms with E-state index in [2.05, 4.69) is 15.5 Å². The van der Waals surface area contributed by atoms with Crippen LogP contribution in [0.5, 0.6) is 0 Å². The van der Waals surface area contributed by atoms with Gasteiger partial charge in [0.05, 0.1) is 16.9 Å². The van der Waals surface area contributed by atoms with Crippen LogP contribution in [-0.4, -0.2) is 33.9 Å². The molecule has 1 N–H and O–H groups in total. The van der Waals surface area contributed by atoms with Crippen molar-refractivity contribution in [3.63, 3.8) is 0 Å². The molecule has 5 rings (SSSR count). The molecule has 1 aromatic heterocycles. The number of hydrazone groups is 1. The normalized spacial score (nSPS) is 11.9. The van der Waals surface area contributed by atoms with E-state index < -0.39 is 10.0 Å². The molecule has 0 fully saturated rings. The van der Waals surface area contributed by atoms with Gasteiger partial charge in [0.1, 0.15) is 0 Å². The highest BCUT2D eigenvalue weighted by atomic mass is 35.5. The molecule has 0 saturated carbocycles. The van der Waals surface area contributed by atoms with Crippen molar-refractivity contribution in [3.05, 3.63) is 149 Å². The predicted octanol–water partition coefficient (Wildman–Crippen LogP) is 6.07. The minimum Gasteiger partial charge on any atom is -0.306 e. The Bertz CT molecular complexity index is 1770. The van der Waals surface area contributed by atoms with Crippen LogP contribution in [0.15, 0.2) is 132 Å². The number of nitrogens with zero attached hydrogens (tertiary/aromatic N) is 4. The molecule has 0 aliphatic heterocycles. The van der Waals surface area contributed by atoms with Crippen LogP contribution in [0.4, 0.5) is 0 Å². The van der Waals surface area contributed by atoms with Gasteiger partial charge in [-0.2, -0.15) is 9.41 Å². The fraction of sp³-hybridized carbons (Fsp3) is 0.0938. The molecule has 1 amide bonds. The van der Waals surface area contributed by atoms with Crippen LogP contribution in [0.2, 0.25) is 5.02 Å². The molecule has 0 aliphatic carbocycles. The second-order valence-corrected chi connectivity index (χ2v) is 11.9. The first kappa shape index (κ1) is 28.9. The standard InChI is InChI=1S/C32H28ClN5O3S/c1-24(27-11-15-30(16-12-27)37-20-19-34-23-37)35-36-32(39)28-9-7-26(8-10-28)22-38(21-25-5-3-2-4-6-25)42(40,41)31-17-13-29(33)14-18-31/h2-20,23H,21-22H2,1H3,(H,36,39)/b35-24+. The van der Waals surface area contributed by atoms with Gasteiger partial charge in [0.2, 0.25) is 10.0 Å². The van der Waals surface area contributed by atoms with Crippen molar-refractivity contribution in [1.29, 1.82) is 0 Å². The zero-order valence-corrected chi connectivity index (χ0v) is 24.3. The number of sulfonamides is 1. The Kier molecular flexibility index (Phi) is 8.92. The Labute approximate surface area is 250 Å². The maximum Gasteiger partial charge on any atom is 0.271 e. The Hall–Kier alpha value is -4.57. The molecule has 212 valence electrons. The molecule has 8 nitrogen and oxygen atoms in total. The van der Waals surface area contributed by atoms with Gasteiger partial charge in [0, 0.05) is 41.8 Å². The summed E-state index contributed by atoms with van der Waals surface area (Å²) in [5.74, 6) is -0.370. The largest absolute Gasteiger partial charge is 0.306 e. The van der Waals surface area contributed by atoms with Crippen LogP contribution >= 0.6 is 11.6 Å². The molecule has 0 atom stereocenters. The van der Waals surface area contributed by atoms with E-state index in [0.717, 1.165) is 22.4 Å². The van der Waals surface area contributed by atoms with Gasteiger partial charge in [0.15, 0.2) is 0 Å². The third kappa shape index (κ3) is 7.01. The van der Waals surface area contributed by atoms with Crippen molar-refractivity contribution in [3.8, 4) is 5.69 Å². The summed E-state index contributed by atoms with van der Waals surface area (Å²) in [6.45, 7) is 2.12. The lowest BCUT2D eigenvalue weighted by atomic mass is 10.1. The molecule has 10 heteroatoms. The zero-order chi connectivity index (χ0) is 29.5. The summed E-state index contributed by atoms with van der Waals surface area (Å²) in [5, 5.41) is 4.71. The average molecular weight is 598 g/mol. The number of carbonyl (C=O) groups is 1. The number of hydrogen-bond donors (Lipinski definition) is 1. The summed E-state index contributed by atoms with van der Waals surface area (Å²) in [4.78, 5) is 17.0. The van der Waals surface area contributed by atoms with E-state index >= 15 is 0 Å². The Balaban J connectivity index is 1.28. The van der Waals surface area contributed by atoms with Crippen molar-refractivity contribution >= 4 is 33.2 Å². The lowest BCUT2D eigenvalue weighted by molar-refractivity contribution is 0.0954. The van der Waals surface area contributed by atoms with Crippen LogP contribution in [-0.2, 0) is 23.1 Å². The minimum absolute atomic E-state index is 0.119. The monoisotopic (exact) mass is 597 g/mol. The van der Waals surface area contributed by atoms with Gasteiger partial charge >= 0.3 is 0 Å². The summed E-state index contributed by atoms with van der Waals surface area (Å²) >= 11 is 5.98. The van der Waals surface area contributed by atoms with E-state index in [-0.39, 0.29) is 23.9 Å². The number of halogens is 1. The Morgan fingerprint density at radius 2 is 1.48 bits per heavy atom. The Morgan fingerprint density at radius 3 is 2.10 bits per heavy atom. The second kappa shape index (κ2) is 12.9. The predicted molar refractivity (Wildman–Crippen MR) is 164 cm³/mol. The zero-order valence-electron chi connectivity index (χ0n) is 22.8. The number of rotatable bonds is 10. The minimum atomic E-state index is -3.83. The quantitative estimate of drug-likeness (QED) is 0.156. The highest BCUT2D eigenvalue weighted by Crippen LogP contribution is 2.23. The van der Waals surface area contributed by atoms with Gasteiger partial charge in [-0.3, -0.25) is 4.79 Å². The Morgan fingerprint density at radius 1 is 0.857 bits per heavy atom. The first-order valence-electron chi connectivity index (χ1n) is 13.1. The number of nitrogens with one attached hydrogen (secondary N) is 1. The summed E-state index contributed by atoms with van der Waals surface area (Å²) < 4.78 is 30.5. The highest BCUT2D eigenvalue weighted by Gasteiger charge is 2.25. The topological polar surface area (TPSA) is 96.7 Å².